The second kappa shape index (κ2) is 7.22. The molecular formula is C14H21BrN2O. The molecular weight excluding hydrogens is 292 g/mol. The van der Waals surface area contributed by atoms with Crippen molar-refractivity contribution in [3.63, 3.8) is 0 Å². The van der Waals surface area contributed by atoms with Crippen LogP contribution in [0.2, 0.25) is 0 Å². The molecule has 0 aromatic carbocycles. The van der Waals surface area contributed by atoms with Crippen molar-refractivity contribution in [2.45, 2.75) is 32.2 Å². The van der Waals surface area contributed by atoms with E-state index < -0.39 is 0 Å². The van der Waals surface area contributed by atoms with Gasteiger partial charge in [-0.1, -0.05) is 6.92 Å². The Labute approximate surface area is 117 Å². The molecule has 2 rings (SSSR count). The minimum Gasteiger partial charge on any atom is -0.381 e. The highest BCUT2D eigenvalue weighted by molar-refractivity contribution is 9.10. The van der Waals surface area contributed by atoms with Crippen LogP contribution in [0.25, 0.3) is 0 Å². The zero-order valence-corrected chi connectivity index (χ0v) is 12.4. The van der Waals surface area contributed by atoms with E-state index in [1.807, 2.05) is 12.3 Å². The lowest BCUT2D eigenvalue weighted by Crippen LogP contribution is -2.33. The molecule has 1 aliphatic rings. The normalized spacial score (nSPS) is 18.8. The topological polar surface area (TPSA) is 34.2 Å². The molecule has 0 saturated carbocycles. The third-order valence-corrected chi connectivity index (χ3v) is 4.10. The lowest BCUT2D eigenvalue weighted by atomic mass is 9.89. The quantitative estimate of drug-likeness (QED) is 0.905. The van der Waals surface area contributed by atoms with Gasteiger partial charge in [0, 0.05) is 23.9 Å². The van der Waals surface area contributed by atoms with E-state index in [1.165, 1.54) is 0 Å². The summed E-state index contributed by atoms with van der Waals surface area (Å²) in [7, 11) is 0. The summed E-state index contributed by atoms with van der Waals surface area (Å²) in [5, 5.41) is 3.65. The molecule has 4 heteroatoms. The molecule has 3 nitrogen and oxygen atoms in total. The zero-order valence-electron chi connectivity index (χ0n) is 10.9. The molecule has 0 spiro atoms. The van der Waals surface area contributed by atoms with Crippen LogP contribution in [0.15, 0.2) is 22.8 Å². The summed E-state index contributed by atoms with van der Waals surface area (Å²) in [5.41, 5.74) is 1.14. The SMILES string of the molecule is CCCNC(c1ncccc1Br)C1CCOCC1. The van der Waals surface area contributed by atoms with Crippen molar-refractivity contribution in [1.29, 1.82) is 0 Å². The molecule has 100 valence electrons. The summed E-state index contributed by atoms with van der Waals surface area (Å²) in [5.74, 6) is 0.622. The van der Waals surface area contributed by atoms with Gasteiger partial charge >= 0.3 is 0 Å². The molecule has 1 aromatic rings. The summed E-state index contributed by atoms with van der Waals surface area (Å²) in [6.45, 7) is 4.98. The Hall–Kier alpha value is -0.450. The van der Waals surface area contributed by atoms with Crippen LogP contribution in [0.1, 0.15) is 37.9 Å². The molecule has 18 heavy (non-hydrogen) atoms. The summed E-state index contributed by atoms with van der Waals surface area (Å²) >= 11 is 3.62. The molecule has 1 unspecified atom stereocenters. The van der Waals surface area contributed by atoms with Crippen LogP contribution in [0.5, 0.6) is 0 Å². The molecule has 2 heterocycles. The molecule has 1 aliphatic heterocycles. The van der Waals surface area contributed by atoms with Crippen molar-refractivity contribution in [3.8, 4) is 0 Å². The Bertz CT molecular complexity index is 367. The Morgan fingerprint density at radius 1 is 1.50 bits per heavy atom. The van der Waals surface area contributed by atoms with Gasteiger partial charge in [0.05, 0.1) is 11.7 Å². The predicted molar refractivity (Wildman–Crippen MR) is 76.5 cm³/mol. The van der Waals surface area contributed by atoms with Crippen molar-refractivity contribution >= 4 is 15.9 Å². The number of ether oxygens (including phenoxy) is 1. The van der Waals surface area contributed by atoms with Crippen LogP contribution in [0.4, 0.5) is 0 Å². The lowest BCUT2D eigenvalue weighted by Gasteiger charge is -2.31. The molecule has 1 saturated heterocycles. The van der Waals surface area contributed by atoms with Crippen LogP contribution in [0.3, 0.4) is 0 Å². The average molecular weight is 313 g/mol. The van der Waals surface area contributed by atoms with E-state index in [9.17, 15) is 0 Å². The Morgan fingerprint density at radius 3 is 2.94 bits per heavy atom. The highest BCUT2D eigenvalue weighted by Crippen LogP contribution is 2.32. The summed E-state index contributed by atoms with van der Waals surface area (Å²) < 4.78 is 6.56. The number of halogens is 1. The number of nitrogens with zero attached hydrogens (tertiary/aromatic N) is 1. The Morgan fingerprint density at radius 2 is 2.28 bits per heavy atom. The first-order valence-electron chi connectivity index (χ1n) is 6.74. The van der Waals surface area contributed by atoms with Gasteiger partial charge in [-0.2, -0.15) is 0 Å². The van der Waals surface area contributed by atoms with Crippen molar-refractivity contribution < 1.29 is 4.74 Å². The lowest BCUT2D eigenvalue weighted by molar-refractivity contribution is 0.0530. The highest BCUT2D eigenvalue weighted by atomic mass is 79.9. The third kappa shape index (κ3) is 3.53. The Kier molecular flexibility index (Phi) is 5.60. The van der Waals surface area contributed by atoms with Crippen LogP contribution >= 0.6 is 15.9 Å². The standard InChI is InChI=1S/C14H21BrN2O/c1-2-7-16-13(11-5-9-18-10-6-11)14-12(15)4-3-8-17-14/h3-4,8,11,13,16H,2,5-7,9-10H2,1H3. The smallest absolute Gasteiger partial charge is 0.0717 e. The number of rotatable bonds is 5. The van der Waals surface area contributed by atoms with E-state index in [1.54, 1.807) is 0 Å². The maximum absolute atomic E-state index is 5.46. The third-order valence-electron chi connectivity index (χ3n) is 3.43. The second-order valence-corrected chi connectivity index (χ2v) is 5.61. The molecule has 1 aromatic heterocycles. The molecule has 0 amide bonds. The van der Waals surface area contributed by atoms with Crippen LogP contribution in [-0.4, -0.2) is 24.7 Å². The van der Waals surface area contributed by atoms with Gasteiger partial charge in [-0.25, -0.2) is 0 Å². The van der Waals surface area contributed by atoms with E-state index in [-0.39, 0.29) is 0 Å². The molecule has 1 atom stereocenters. The number of pyridine rings is 1. The van der Waals surface area contributed by atoms with Gasteiger partial charge in [0.1, 0.15) is 0 Å². The predicted octanol–water partition coefficient (Wildman–Crippen LogP) is 3.31. The van der Waals surface area contributed by atoms with Gasteiger partial charge in [0.25, 0.3) is 0 Å². The molecule has 1 fully saturated rings. The fraction of sp³-hybridized carbons (Fsp3) is 0.643. The molecule has 1 N–H and O–H groups in total. The van der Waals surface area contributed by atoms with Crippen LogP contribution in [0, 0.1) is 5.92 Å². The van der Waals surface area contributed by atoms with Gasteiger partial charge in [-0.05, 0) is 59.8 Å². The summed E-state index contributed by atoms with van der Waals surface area (Å²) in [6.07, 6.45) is 5.25. The van der Waals surface area contributed by atoms with Gasteiger partial charge in [0.2, 0.25) is 0 Å². The first kappa shape index (κ1) is 14.0. The number of hydrogen-bond acceptors (Lipinski definition) is 3. The van der Waals surface area contributed by atoms with Crippen molar-refractivity contribution in [2.24, 2.45) is 5.92 Å². The Balaban J connectivity index is 2.15. The summed E-state index contributed by atoms with van der Waals surface area (Å²) in [4.78, 5) is 4.56. The van der Waals surface area contributed by atoms with E-state index in [0.29, 0.717) is 12.0 Å². The molecule has 0 bridgehead atoms. The molecule has 0 aliphatic carbocycles. The van der Waals surface area contributed by atoms with Gasteiger partial charge in [0.15, 0.2) is 0 Å². The fourth-order valence-corrected chi connectivity index (χ4v) is 2.96. The first-order chi connectivity index (χ1) is 8.83. The van der Waals surface area contributed by atoms with Crippen molar-refractivity contribution in [2.75, 3.05) is 19.8 Å². The largest absolute Gasteiger partial charge is 0.381 e. The van der Waals surface area contributed by atoms with E-state index >= 15 is 0 Å². The average Bonchev–Trinajstić information content (AvgIpc) is 2.42. The first-order valence-corrected chi connectivity index (χ1v) is 7.53. The number of nitrogens with one attached hydrogen (secondary N) is 1. The van der Waals surface area contributed by atoms with Gasteiger partial charge < -0.3 is 10.1 Å². The van der Waals surface area contributed by atoms with E-state index in [4.69, 9.17) is 4.74 Å². The zero-order chi connectivity index (χ0) is 12.8. The van der Waals surface area contributed by atoms with Gasteiger partial charge in [-0.15, -0.1) is 0 Å². The monoisotopic (exact) mass is 312 g/mol. The summed E-state index contributed by atoms with van der Waals surface area (Å²) in [6, 6.07) is 4.38. The maximum atomic E-state index is 5.46. The van der Waals surface area contributed by atoms with Crippen molar-refractivity contribution in [3.05, 3.63) is 28.5 Å². The highest BCUT2D eigenvalue weighted by Gasteiger charge is 2.27. The minimum absolute atomic E-state index is 0.337. The van der Waals surface area contributed by atoms with Crippen LogP contribution < -0.4 is 5.32 Å². The van der Waals surface area contributed by atoms with E-state index in [2.05, 4.69) is 39.2 Å². The van der Waals surface area contributed by atoms with E-state index in [0.717, 1.165) is 49.2 Å². The van der Waals surface area contributed by atoms with Crippen LogP contribution in [-0.2, 0) is 4.74 Å². The molecule has 0 radical (unpaired) electrons. The number of aromatic nitrogens is 1. The van der Waals surface area contributed by atoms with Gasteiger partial charge in [-0.3, -0.25) is 4.98 Å². The fourth-order valence-electron chi connectivity index (χ4n) is 2.46. The minimum atomic E-state index is 0.337. The van der Waals surface area contributed by atoms with Crippen molar-refractivity contribution in [1.82, 2.24) is 10.3 Å². The number of hydrogen-bond donors (Lipinski definition) is 1. The maximum Gasteiger partial charge on any atom is 0.0717 e. The second-order valence-electron chi connectivity index (χ2n) is 4.75.